The van der Waals surface area contributed by atoms with Crippen LogP contribution in [0.5, 0.6) is 5.75 Å². The van der Waals surface area contributed by atoms with Gasteiger partial charge in [-0.05, 0) is 48.9 Å². The van der Waals surface area contributed by atoms with E-state index in [0.717, 1.165) is 16.6 Å². The Morgan fingerprint density at radius 3 is 2.59 bits per heavy atom. The lowest BCUT2D eigenvalue weighted by molar-refractivity contribution is 0.480. The van der Waals surface area contributed by atoms with E-state index in [0.29, 0.717) is 21.7 Å². The zero-order valence-corrected chi connectivity index (χ0v) is 12.9. The first-order valence-corrected chi connectivity index (χ1v) is 7.22. The molecule has 0 aliphatic rings. The van der Waals surface area contributed by atoms with Crippen molar-refractivity contribution in [2.75, 3.05) is 5.73 Å². The number of nitrogen functional groups attached to an aromatic ring is 1. The van der Waals surface area contributed by atoms with Crippen molar-refractivity contribution in [2.24, 2.45) is 10.2 Å². The SMILES string of the molecule is Cc1cccc(N=Nc2c(N)ccc3c(O)cc(S)cc23)c1. The number of thiol groups is 1. The number of nitrogens with two attached hydrogens (primary N) is 1. The molecule has 3 aromatic rings. The van der Waals surface area contributed by atoms with Crippen LogP contribution in [-0.4, -0.2) is 5.11 Å². The molecule has 0 amide bonds. The Bertz CT molecular complexity index is 890. The summed E-state index contributed by atoms with van der Waals surface area (Å²) in [4.78, 5) is 0.641. The van der Waals surface area contributed by atoms with Gasteiger partial charge in [-0.3, -0.25) is 0 Å². The molecule has 0 unspecified atom stereocenters. The van der Waals surface area contributed by atoms with Crippen LogP contribution in [0.4, 0.5) is 17.1 Å². The fraction of sp³-hybridized carbons (Fsp3) is 0.0588. The third kappa shape index (κ3) is 2.76. The molecule has 0 spiro atoms. The lowest BCUT2D eigenvalue weighted by Gasteiger charge is -2.07. The van der Waals surface area contributed by atoms with Crippen LogP contribution in [0.15, 0.2) is 63.7 Å². The second kappa shape index (κ2) is 5.69. The molecule has 0 fully saturated rings. The lowest BCUT2D eigenvalue weighted by Crippen LogP contribution is -1.87. The molecule has 110 valence electrons. The van der Waals surface area contributed by atoms with E-state index in [-0.39, 0.29) is 5.75 Å². The number of hydrogen-bond acceptors (Lipinski definition) is 5. The first-order chi connectivity index (χ1) is 10.5. The van der Waals surface area contributed by atoms with Crippen molar-refractivity contribution in [1.82, 2.24) is 0 Å². The van der Waals surface area contributed by atoms with Crippen LogP contribution >= 0.6 is 12.6 Å². The Hall–Kier alpha value is -2.53. The van der Waals surface area contributed by atoms with Crippen molar-refractivity contribution in [1.29, 1.82) is 0 Å². The van der Waals surface area contributed by atoms with Crippen molar-refractivity contribution in [3.63, 3.8) is 0 Å². The number of phenolic OH excluding ortho intramolecular Hbond substituents is 1. The highest BCUT2D eigenvalue weighted by Crippen LogP contribution is 2.38. The molecule has 5 heteroatoms. The molecule has 0 radical (unpaired) electrons. The van der Waals surface area contributed by atoms with E-state index >= 15 is 0 Å². The van der Waals surface area contributed by atoms with Crippen LogP contribution in [0, 0.1) is 6.92 Å². The van der Waals surface area contributed by atoms with Crippen molar-refractivity contribution in [2.45, 2.75) is 11.8 Å². The highest BCUT2D eigenvalue weighted by atomic mass is 32.1. The zero-order chi connectivity index (χ0) is 15.7. The molecule has 0 saturated carbocycles. The molecule has 0 saturated heterocycles. The third-order valence-corrected chi connectivity index (χ3v) is 3.63. The van der Waals surface area contributed by atoms with Gasteiger partial charge in [-0.2, -0.15) is 5.11 Å². The van der Waals surface area contributed by atoms with Crippen LogP contribution in [0.2, 0.25) is 0 Å². The average Bonchev–Trinajstić information content (AvgIpc) is 2.46. The normalized spacial score (nSPS) is 11.4. The number of hydrogen-bond donors (Lipinski definition) is 3. The topological polar surface area (TPSA) is 71.0 Å². The number of azo groups is 1. The molecular formula is C17H15N3OS. The largest absolute Gasteiger partial charge is 0.507 e. The van der Waals surface area contributed by atoms with Gasteiger partial charge in [0.05, 0.1) is 11.4 Å². The van der Waals surface area contributed by atoms with E-state index in [4.69, 9.17) is 5.73 Å². The van der Waals surface area contributed by atoms with Gasteiger partial charge in [-0.25, -0.2) is 0 Å². The Balaban J connectivity index is 2.16. The molecule has 0 atom stereocenters. The van der Waals surface area contributed by atoms with Gasteiger partial charge in [0.1, 0.15) is 11.4 Å². The highest BCUT2D eigenvalue weighted by molar-refractivity contribution is 7.80. The van der Waals surface area contributed by atoms with Crippen LogP contribution in [0.25, 0.3) is 10.8 Å². The summed E-state index contributed by atoms with van der Waals surface area (Å²) < 4.78 is 0. The second-order valence-electron chi connectivity index (χ2n) is 5.10. The van der Waals surface area contributed by atoms with Crippen molar-refractivity contribution in [3.05, 3.63) is 54.1 Å². The Kier molecular flexibility index (Phi) is 3.73. The van der Waals surface area contributed by atoms with Crippen LogP contribution in [0.1, 0.15) is 5.56 Å². The van der Waals surface area contributed by atoms with Gasteiger partial charge < -0.3 is 10.8 Å². The predicted molar refractivity (Wildman–Crippen MR) is 92.6 cm³/mol. The summed E-state index contributed by atoms with van der Waals surface area (Å²) in [7, 11) is 0. The van der Waals surface area contributed by atoms with Gasteiger partial charge in [0.15, 0.2) is 0 Å². The molecule has 0 aromatic heterocycles. The van der Waals surface area contributed by atoms with E-state index in [1.165, 1.54) is 0 Å². The summed E-state index contributed by atoms with van der Waals surface area (Å²) in [5.74, 6) is 0.148. The number of rotatable bonds is 2. The van der Waals surface area contributed by atoms with Crippen LogP contribution in [-0.2, 0) is 0 Å². The van der Waals surface area contributed by atoms with Gasteiger partial charge in [-0.15, -0.1) is 17.7 Å². The average molecular weight is 309 g/mol. The molecule has 3 aromatic carbocycles. The van der Waals surface area contributed by atoms with Gasteiger partial charge in [-0.1, -0.05) is 12.1 Å². The fourth-order valence-corrected chi connectivity index (χ4v) is 2.56. The van der Waals surface area contributed by atoms with Gasteiger partial charge >= 0.3 is 0 Å². The van der Waals surface area contributed by atoms with E-state index in [2.05, 4.69) is 22.9 Å². The number of aromatic hydroxyl groups is 1. The Morgan fingerprint density at radius 2 is 1.82 bits per heavy atom. The maximum atomic E-state index is 10.0. The first-order valence-electron chi connectivity index (χ1n) is 6.77. The number of benzene rings is 3. The van der Waals surface area contributed by atoms with E-state index < -0.39 is 0 Å². The number of nitrogens with zero attached hydrogens (tertiary/aromatic N) is 2. The van der Waals surface area contributed by atoms with Crippen LogP contribution in [0.3, 0.4) is 0 Å². The van der Waals surface area contributed by atoms with Gasteiger partial charge in [0.25, 0.3) is 0 Å². The number of anilines is 1. The summed E-state index contributed by atoms with van der Waals surface area (Å²) in [5, 5.41) is 20.0. The Morgan fingerprint density at radius 1 is 1.00 bits per heavy atom. The summed E-state index contributed by atoms with van der Waals surface area (Å²) >= 11 is 4.29. The zero-order valence-electron chi connectivity index (χ0n) is 12.0. The number of aryl methyl sites for hydroxylation is 1. The van der Waals surface area contributed by atoms with E-state index in [1.54, 1.807) is 18.2 Å². The molecule has 0 aliphatic carbocycles. The lowest BCUT2D eigenvalue weighted by atomic mass is 10.1. The van der Waals surface area contributed by atoms with Gasteiger partial charge in [0.2, 0.25) is 0 Å². The number of fused-ring (bicyclic) bond motifs is 1. The third-order valence-electron chi connectivity index (χ3n) is 3.37. The maximum Gasteiger partial charge on any atom is 0.124 e. The molecule has 0 bridgehead atoms. The van der Waals surface area contributed by atoms with Crippen molar-refractivity contribution in [3.8, 4) is 5.75 Å². The van der Waals surface area contributed by atoms with Crippen molar-refractivity contribution >= 4 is 40.5 Å². The second-order valence-corrected chi connectivity index (χ2v) is 5.62. The van der Waals surface area contributed by atoms with Gasteiger partial charge in [0, 0.05) is 15.7 Å². The molecule has 22 heavy (non-hydrogen) atoms. The quantitative estimate of drug-likeness (QED) is 0.348. The fourth-order valence-electron chi connectivity index (χ4n) is 2.31. The molecular weight excluding hydrogens is 294 g/mol. The summed E-state index contributed by atoms with van der Waals surface area (Å²) in [6.45, 7) is 2.00. The minimum atomic E-state index is 0.148. The maximum absolute atomic E-state index is 10.0. The molecule has 3 N–H and O–H groups in total. The standard InChI is InChI=1S/C17H15N3OS/c1-10-3-2-4-11(7-10)19-20-17-14-8-12(22)9-16(21)13(14)5-6-15(17)18/h2-9,21-22H,18H2,1H3. The Labute approximate surface area is 133 Å². The highest BCUT2D eigenvalue weighted by Gasteiger charge is 2.09. The summed E-state index contributed by atoms with van der Waals surface area (Å²) in [6.07, 6.45) is 0. The molecule has 0 aliphatic heterocycles. The number of phenols is 1. The monoisotopic (exact) mass is 309 g/mol. The van der Waals surface area contributed by atoms with E-state index in [9.17, 15) is 5.11 Å². The minimum absolute atomic E-state index is 0.148. The van der Waals surface area contributed by atoms with Crippen LogP contribution < -0.4 is 5.73 Å². The predicted octanol–water partition coefficient (Wildman–Crippen LogP) is 5.14. The summed E-state index contributed by atoms with van der Waals surface area (Å²) in [6, 6.07) is 14.6. The van der Waals surface area contributed by atoms with E-state index in [1.807, 2.05) is 37.3 Å². The first kappa shape index (κ1) is 14.4. The smallest absolute Gasteiger partial charge is 0.124 e. The molecule has 4 nitrogen and oxygen atoms in total. The molecule has 0 heterocycles. The van der Waals surface area contributed by atoms with Crippen molar-refractivity contribution < 1.29 is 5.11 Å². The molecule has 3 rings (SSSR count). The summed E-state index contributed by atoms with van der Waals surface area (Å²) in [5.41, 5.74) is 8.92. The minimum Gasteiger partial charge on any atom is -0.507 e.